The first-order valence-electron chi connectivity index (χ1n) is 13.3. The Labute approximate surface area is 223 Å². The van der Waals surface area contributed by atoms with Gasteiger partial charge in [-0.15, -0.1) is 0 Å². The van der Waals surface area contributed by atoms with Gasteiger partial charge in [0.1, 0.15) is 6.10 Å². The molecule has 0 aromatic heterocycles. The number of aryl methyl sites for hydroxylation is 1. The molecule has 204 valence electrons. The maximum atomic E-state index is 14.0. The number of sulfone groups is 1. The topological polar surface area (TPSA) is 74.4 Å². The zero-order valence-corrected chi connectivity index (χ0v) is 24.8. The van der Waals surface area contributed by atoms with Gasteiger partial charge in [0.15, 0.2) is 8.32 Å². The van der Waals surface area contributed by atoms with Gasteiger partial charge in [-0.1, -0.05) is 68.8 Å². The van der Waals surface area contributed by atoms with Crippen molar-refractivity contribution in [1.82, 2.24) is 0 Å². The van der Waals surface area contributed by atoms with Gasteiger partial charge in [-0.2, -0.15) is 0 Å². The molecule has 0 bridgehead atoms. The summed E-state index contributed by atoms with van der Waals surface area (Å²) in [5.74, 6) is 0. The van der Waals surface area contributed by atoms with E-state index in [1.165, 1.54) is 0 Å². The molecule has 0 aliphatic carbocycles. The molecule has 0 spiro atoms. The van der Waals surface area contributed by atoms with E-state index in [2.05, 4.69) is 33.9 Å². The van der Waals surface area contributed by atoms with E-state index in [4.69, 9.17) is 18.6 Å². The number of ether oxygens (including phenoxy) is 3. The van der Waals surface area contributed by atoms with Crippen LogP contribution in [0.25, 0.3) is 0 Å². The fourth-order valence-corrected chi connectivity index (χ4v) is 7.96. The first-order valence-corrected chi connectivity index (χ1v) is 17.7. The number of hydrogen-bond acceptors (Lipinski definition) is 6. The van der Waals surface area contributed by atoms with Gasteiger partial charge in [0, 0.05) is 13.0 Å². The van der Waals surface area contributed by atoms with Crippen molar-refractivity contribution in [1.29, 1.82) is 0 Å². The molecule has 8 heteroatoms. The van der Waals surface area contributed by atoms with Crippen molar-refractivity contribution < 1.29 is 27.1 Å². The normalized spacial score (nSPS) is 26.7. The number of epoxide rings is 1. The van der Waals surface area contributed by atoms with Crippen LogP contribution in [-0.2, 0) is 35.1 Å². The lowest BCUT2D eigenvalue weighted by Gasteiger charge is -2.43. The minimum absolute atomic E-state index is 0.0462. The summed E-state index contributed by atoms with van der Waals surface area (Å²) in [5, 5.41) is 0.0462. The Balaban J connectivity index is 1.56. The molecule has 2 aliphatic rings. The van der Waals surface area contributed by atoms with Crippen molar-refractivity contribution in [2.45, 2.75) is 99.8 Å². The van der Waals surface area contributed by atoms with Crippen LogP contribution in [-0.4, -0.2) is 53.2 Å². The Kier molecular flexibility index (Phi) is 8.39. The minimum Gasteiger partial charge on any atom is -0.411 e. The molecule has 0 unspecified atom stereocenters. The Bertz CT molecular complexity index is 1140. The SMILES string of the molecule is Cc1ccc(S(=O)(=O)[C@]2(C[C@H]3OCCC[C@@H]3O[Si](C)(C)C(C)(C)C)O[C@H]2COCc2ccccc2)cc1. The zero-order chi connectivity index (χ0) is 26.9. The minimum atomic E-state index is -3.81. The second-order valence-corrected chi connectivity index (χ2v) is 18.8. The van der Waals surface area contributed by atoms with Gasteiger partial charge in [0.05, 0.1) is 30.3 Å². The molecular formula is C29H42O6SSi. The smallest absolute Gasteiger partial charge is 0.210 e. The Morgan fingerprint density at radius 1 is 1.05 bits per heavy atom. The number of benzene rings is 2. The van der Waals surface area contributed by atoms with Crippen LogP contribution in [0.4, 0.5) is 0 Å². The maximum Gasteiger partial charge on any atom is 0.210 e. The molecule has 4 rings (SSSR count). The van der Waals surface area contributed by atoms with Gasteiger partial charge in [-0.05, 0) is 55.6 Å². The lowest BCUT2D eigenvalue weighted by atomic mass is 10.0. The third-order valence-electron chi connectivity index (χ3n) is 8.06. The van der Waals surface area contributed by atoms with Crippen LogP contribution in [0.2, 0.25) is 18.1 Å². The molecule has 2 aromatic carbocycles. The van der Waals surface area contributed by atoms with E-state index in [9.17, 15) is 8.42 Å². The van der Waals surface area contributed by atoms with Crippen molar-refractivity contribution in [3.8, 4) is 0 Å². The van der Waals surface area contributed by atoms with E-state index in [1.54, 1.807) is 12.1 Å². The molecule has 2 heterocycles. The van der Waals surface area contributed by atoms with Crippen molar-refractivity contribution in [3.63, 3.8) is 0 Å². The predicted molar refractivity (Wildman–Crippen MR) is 148 cm³/mol. The summed E-state index contributed by atoms with van der Waals surface area (Å²) in [6.07, 6.45) is 0.894. The summed E-state index contributed by atoms with van der Waals surface area (Å²) in [6.45, 7) is 14.2. The Morgan fingerprint density at radius 2 is 1.73 bits per heavy atom. The molecule has 0 saturated carbocycles. The van der Waals surface area contributed by atoms with Crippen molar-refractivity contribution in [2.75, 3.05) is 13.2 Å². The van der Waals surface area contributed by atoms with Crippen LogP contribution in [0.3, 0.4) is 0 Å². The van der Waals surface area contributed by atoms with E-state index in [0.29, 0.717) is 13.2 Å². The number of rotatable bonds is 10. The molecule has 0 N–H and O–H groups in total. The molecule has 2 aromatic rings. The molecule has 37 heavy (non-hydrogen) atoms. The van der Waals surface area contributed by atoms with Gasteiger partial charge in [0.2, 0.25) is 14.8 Å². The fraction of sp³-hybridized carbons (Fsp3) is 0.586. The fourth-order valence-electron chi connectivity index (χ4n) is 4.64. The molecule has 4 atom stereocenters. The van der Waals surface area contributed by atoms with Gasteiger partial charge in [0.25, 0.3) is 0 Å². The van der Waals surface area contributed by atoms with Crippen LogP contribution in [0, 0.1) is 6.92 Å². The van der Waals surface area contributed by atoms with Crippen LogP contribution in [0.1, 0.15) is 51.2 Å². The first kappa shape index (κ1) is 28.5. The summed E-state index contributed by atoms with van der Waals surface area (Å²) in [7, 11) is -5.89. The van der Waals surface area contributed by atoms with Crippen LogP contribution in [0.15, 0.2) is 59.5 Å². The van der Waals surface area contributed by atoms with Gasteiger partial charge < -0.3 is 18.6 Å². The molecule has 0 amide bonds. The van der Waals surface area contributed by atoms with Crippen molar-refractivity contribution >= 4 is 18.2 Å². The average Bonchev–Trinajstić information content (AvgIpc) is 3.55. The van der Waals surface area contributed by atoms with Crippen LogP contribution in [0.5, 0.6) is 0 Å². The molecule has 0 radical (unpaired) electrons. The molecule has 6 nitrogen and oxygen atoms in total. The quantitative estimate of drug-likeness (QED) is 0.267. The van der Waals surface area contributed by atoms with Crippen LogP contribution < -0.4 is 0 Å². The Hall–Kier alpha value is -1.55. The lowest BCUT2D eigenvalue weighted by molar-refractivity contribution is -0.0752. The second-order valence-electron chi connectivity index (χ2n) is 11.9. The third-order valence-corrected chi connectivity index (χ3v) is 14.9. The highest BCUT2D eigenvalue weighted by Crippen LogP contribution is 2.50. The highest BCUT2D eigenvalue weighted by Gasteiger charge is 2.68. The number of hydrogen-bond donors (Lipinski definition) is 0. The zero-order valence-electron chi connectivity index (χ0n) is 23.0. The second kappa shape index (κ2) is 10.9. The monoisotopic (exact) mass is 546 g/mol. The van der Waals surface area contributed by atoms with E-state index in [-0.39, 0.29) is 35.2 Å². The summed E-state index contributed by atoms with van der Waals surface area (Å²) in [4.78, 5) is -1.13. The van der Waals surface area contributed by atoms with E-state index >= 15 is 0 Å². The molecule has 2 saturated heterocycles. The van der Waals surface area contributed by atoms with E-state index in [1.807, 2.05) is 49.4 Å². The maximum absolute atomic E-state index is 14.0. The van der Waals surface area contributed by atoms with Gasteiger partial charge >= 0.3 is 0 Å². The van der Waals surface area contributed by atoms with Gasteiger partial charge in [-0.25, -0.2) is 8.42 Å². The summed E-state index contributed by atoms with van der Waals surface area (Å²) in [6, 6.07) is 16.8. The summed E-state index contributed by atoms with van der Waals surface area (Å²) in [5.41, 5.74) is 2.04. The van der Waals surface area contributed by atoms with Crippen molar-refractivity contribution in [3.05, 3.63) is 65.7 Å². The first-order chi connectivity index (χ1) is 17.4. The highest BCUT2D eigenvalue weighted by atomic mass is 32.2. The Morgan fingerprint density at radius 3 is 2.38 bits per heavy atom. The lowest BCUT2D eigenvalue weighted by Crippen LogP contribution is -2.50. The largest absolute Gasteiger partial charge is 0.411 e. The molecule has 2 aliphatic heterocycles. The standard InChI is InChI=1S/C29H42O6SSi/c1-22-14-16-24(17-15-22)36(30,31)29(27(34-29)21-32-20-23-11-8-7-9-12-23)19-26-25(13-10-18-33-26)35-37(5,6)28(2,3)4/h7-9,11-12,14-17,25-27H,10,13,18-21H2,1-6H3/t25-,26+,27-,29-/m0/s1. The van der Waals surface area contributed by atoms with E-state index in [0.717, 1.165) is 24.0 Å². The van der Waals surface area contributed by atoms with E-state index < -0.39 is 29.2 Å². The predicted octanol–water partition coefficient (Wildman–Crippen LogP) is 6.04. The van der Waals surface area contributed by atoms with Gasteiger partial charge in [-0.3, -0.25) is 0 Å². The van der Waals surface area contributed by atoms with Crippen molar-refractivity contribution in [2.24, 2.45) is 0 Å². The van der Waals surface area contributed by atoms with Crippen LogP contribution >= 0.6 is 0 Å². The highest BCUT2D eigenvalue weighted by molar-refractivity contribution is 7.93. The summed E-state index contributed by atoms with van der Waals surface area (Å²) >= 11 is 0. The molecular weight excluding hydrogens is 504 g/mol. The molecule has 2 fully saturated rings. The third kappa shape index (κ3) is 6.21. The average molecular weight is 547 g/mol. The summed E-state index contributed by atoms with van der Waals surface area (Å²) < 4.78 is 53.1.